The summed E-state index contributed by atoms with van der Waals surface area (Å²) in [5, 5.41) is 0.880. The van der Waals surface area contributed by atoms with Crippen molar-refractivity contribution in [2.24, 2.45) is 0 Å². The molecule has 0 atom stereocenters. The van der Waals surface area contributed by atoms with Crippen LogP contribution in [-0.2, 0) is 4.79 Å². The molecule has 170 valence electrons. The number of hydrogen-bond acceptors (Lipinski definition) is 4. The van der Waals surface area contributed by atoms with Crippen molar-refractivity contribution in [2.45, 2.75) is 19.3 Å². The average Bonchev–Trinajstić information content (AvgIpc) is 2.89. The molecule has 3 aromatic rings. The minimum atomic E-state index is 0.0350. The molecule has 0 radical (unpaired) electrons. The van der Waals surface area contributed by atoms with Crippen LogP contribution < -0.4 is 0 Å². The molecule has 6 heteroatoms. The summed E-state index contributed by atoms with van der Waals surface area (Å²) in [5.41, 5.74) is 3.33. The van der Waals surface area contributed by atoms with Crippen molar-refractivity contribution in [1.29, 1.82) is 0 Å². The number of piperidine rings is 1. The molecule has 33 heavy (non-hydrogen) atoms. The number of hydrogen-bond donors (Lipinski definition) is 0. The molecule has 2 saturated heterocycles. The van der Waals surface area contributed by atoms with Gasteiger partial charge >= 0.3 is 0 Å². The summed E-state index contributed by atoms with van der Waals surface area (Å²) in [5.74, 6) is 0.259. The number of benzene rings is 2. The van der Waals surface area contributed by atoms with Crippen molar-refractivity contribution in [1.82, 2.24) is 19.7 Å². The number of fused-ring (bicyclic) bond motifs is 1. The van der Waals surface area contributed by atoms with Gasteiger partial charge in [-0.15, -0.1) is 0 Å². The molecule has 2 aromatic carbocycles. The number of rotatable bonds is 4. The number of carbonyl (C=O) groups excluding carboxylic acids is 2. The maximum Gasteiger partial charge on any atom is 0.254 e. The predicted octanol–water partition coefficient (Wildman–Crippen LogP) is 3.67. The summed E-state index contributed by atoms with van der Waals surface area (Å²) in [6, 6.07) is 19.7. The van der Waals surface area contributed by atoms with E-state index in [0.717, 1.165) is 61.2 Å². The lowest BCUT2D eigenvalue weighted by atomic mass is 10.0. The van der Waals surface area contributed by atoms with Gasteiger partial charge in [-0.25, -0.2) is 4.98 Å². The third-order valence-corrected chi connectivity index (χ3v) is 6.74. The number of nitrogens with zero attached hydrogens (tertiary/aromatic N) is 4. The number of carbonyl (C=O) groups is 2. The zero-order valence-electron chi connectivity index (χ0n) is 18.9. The first-order valence-corrected chi connectivity index (χ1v) is 11.9. The Kier molecular flexibility index (Phi) is 6.35. The van der Waals surface area contributed by atoms with E-state index in [4.69, 9.17) is 4.98 Å². The van der Waals surface area contributed by atoms with E-state index >= 15 is 0 Å². The maximum absolute atomic E-state index is 13.6. The van der Waals surface area contributed by atoms with Gasteiger partial charge in [0.2, 0.25) is 5.91 Å². The molecule has 0 saturated carbocycles. The zero-order valence-corrected chi connectivity index (χ0v) is 18.9. The number of amides is 2. The molecule has 2 amide bonds. The summed E-state index contributed by atoms with van der Waals surface area (Å²) in [7, 11) is 0. The van der Waals surface area contributed by atoms with Crippen molar-refractivity contribution >= 4 is 22.7 Å². The summed E-state index contributed by atoms with van der Waals surface area (Å²) < 4.78 is 0. The second-order valence-electron chi connectivity index (χ2n) is 8.95. The second kappa shape index (κ2) is 9.71. The lowest BCUT2D eigenvalue weighted by Crippen LogP contribution is -2.52. The predicted molar refractivity (Wildman–Crippen MR) is 130 cm³/mol. The van der Waals surface area contributed by atoms with Gasteiger partial charge in [0.1, 0.15) is 0 Å². The maximum atomic E-state index is 13.6. The highest BCUT2D eigenvalue weighted by Crippen LogP contribution is 2.26. The normalized spacial score (nSPS) is 17.3. The third-order valence-electron chi connectivity index (χ3n) is 6.74. The molecule has 2 aliphatic heterocycles. The average molecular weight is 443 g/mol. The largest absolute Gasteiger partial charge is 0.342 e. The Labute approximate surface area is 194 Å². The van der Waals surface area contributed by atoms with Crippen molar-refractivity contribution in [3.63, 3.8) is 0 Å². The van der Waals surface area contributed by atoms with Gasteiger partial charge in [-0.1, -0.05) is 48.5 Å². The van der Waals surface area contributed by atoms with E-state index in [2.05, 4.69) is 4.90 Å². The first-order chi connectivity index (χ1) is 16.2. The topological polar surface area (TPSA) is 56.8 Å². The SMILES string of the molecule is O=C(CN1CCN(C(=O)c2cc(-c3ccccc3)nc3ccccc23)CC1)N1CCCCC1. The fourth-order valence-electron chi connectivity index (χ4n) is 4.82. The molecule has 0 N–H and O–H groups in total. The quantitative estimate of drug-likeness (QED) is 0.619. The van der Waals surface area contributed by atoms with Crippen LogP contribution in [0.4, 0.5) is 0 Å². The highest BCUT2D eigenvalue weighted by Gasteiger charge is 2.26. The third kappa shape index (κ3) is 4.76. The van der Waals surface area contributed by atoms with Gasteiger partial charge in [0.15, 0.2) is 0 Å². The van der Waals surface area contributed by atoms with E-state index in [0.29, 0.717) is 25.2 Å². The standard InChI is InChI=1S/C27H30N4O2/c32-26(30-13-7-2-8-14-30)20-29-15-17-31(18-16-29)27(33)23-19-25(21-9-3-1-4-10-21)28-24-12-6-5-11-22(23)24/h1,3-6,9-12,19H,2,7-8,13-18,20H2. The van der Waals surface area contributed by atoms with Gasteiger partial charge in [-0.3, -0.25) is 14.5 Å². The Morgan fingerprint density at radius 3 is 2.21 bits per heavy atom. The molecule has 5 rings (SSSR count). The van der Waals surface area contributed by atoms with Crippen LogP contribution in [0.2, 0.25) is 0 Å². The van der Waals surface area contributed by atoms with E-state index in [1.54, 1.807) is 0 Å². The van der Waals surface area contributed by atoms with E-state index < -0.39 is 0 Å². The van der Waals surface area contributed by atoms with Crippen molar-refractivity contribution in [3.8, 4) is 11.3 Å². The van der Waals surface area contributed by atoms with Crippen LogP contribution in [0.1, 0.15) is 29.6 Å². The fourth-order valence-corrected chi connectivity index (χ4v) is 4.82. The Morgan fingerprint density at radius 2 is 1.45 bits per heavy atom. The van der Waals surface area contributed by atoms with Crippen LogP contribution in [0.15, 0.2) is 60.7 Å². The molecular weight excluding hydrogens is 412 g/mol. The Morgan fingerprint density at radius 1 is 0.758 bits per heavy atom. The van der Waals surface area contributed by atoms with Gasteiger partial charge in [-0.2, -0.15) is 0 Å². The van der Waals surface area contributed by atoms with Crippen molar-refractivity contribution in [2.75, 3.05) is 45.8 Å². The molecule has 0 bridgehead atoms. The van der Waals surface area contributed by atoms with E-state index in [1.807, 2.05) is 70.5 Å². The second-order valence-corrected chi connectivity index (χ2v) is 8.95. The van der Waals surface area contributed by atoms with Crippen LogP contribution in [-0.4, -0.2) is 77.3 Å². The first kappa shape index (κ1) is 21.6. The van der Waals surface area contributed by atoms with Crippen LogP contribution in [0.25, 0.3) is 22.2 Å². The van der Waals surface area contributed by atoms with Crippen LogP contribution >= 0.6 is 0 Å². The molecule has 2 aliphatic rings. The molecule has 6 nitrogen and oxygen atoms in total. The minimum absolute atomic E-state index is 0.0350. The highest BCUT2D eigenvalue weighted by molar-refractivity contribution is 6.07. The fraction of sp³-hybridized carbons (Fsp3) is 0.370. The Hall–Kier alpha value is -3.25. The van der Waals surface area contributed by atoms with Crippen LogP contribution in [0.5, 0.6) is 0 Å². The molecule has 1 aromatic heterocycles. The monoisotopic (exact) mass is 442 g/mol. The lowest BCUT2D eigenvalue weighted by Gasteiger charge is -2.36. The lowest BCUT2D eigenvalue weighted by molar-refractivity contribution is -0.133. The molecule has 0 spiro atoms. The molecule has 0 unspecified atom stereocenters. The molecule has 2 fully saturated rings. The number of likely N-dealkylation sites (tertiary alicyclic amines) is 1. The summed E-state index contributed by atoms with van der Waals surface area (Å²) in [4.78, 5) is 37.1. The van der Waals surface area contributed by atoms with E-state index in [1.165, 1.54) is 6.42 Å². The van der Waals surface area contributed by atoms with Crippen molar-refractivity contribution in [3.05, 3.63) is 66.2 Å². The van der Waals surface area contributed by atoms with Crippen molar-refractivity contribution < 1.29 is 9.59 Å². The highest BCUT2D eigenvalue weighted by atomic mass is 16.2. The number of para-hydroxylation sites is 1. The van der Waals surface area contributed by atoms with Gasteiger partial charge in [0.25, 0.3) is 5.91 Å². The van der Waals surface area contributed by atoms with E-state index in [9.17, 15) is 9.59 Å². The number of aromatic nitrogens is 1. The van der Waals surface area contributed by atoms with E-state index in [-0.39, 0.29) is 11.8 Å². The van der Waals surface area contributed by atoms with Gasteiger partial charge in [-0.05, 0) is 31.4 Å². The van der Waals surface area contributed by atoms with Crippen LogP contribution in [0.3, 0.4) is 0 Å². The number of piperazine rings is 1. The van der Waals surface area contributed by atoms with Crippen LogP contribution in [0, 0.1) is 0 Å². The Bertz CT molecular complexity index is 1130. The zero-order chi connectivity index (χ0) is 22.6. The van der Waals surface area contributed by atoms with Gasteiger partial charge in [0, 0.05) is 50.2 Å². The summed E-state index contributed by atoms with van der Waals surface area (Å²) >= 11 is 0. The van der Waals surface area contributed by atoms with Gasteiger partial charge < -0.3 is 9.80 Å². The molecule has 3 heterocycles. The summed E-state index contributed by atoms with van der Waals surface area (Å²) in [6.07, 6.45) is 3.44. The first-order valence-electron chi connectivity index (χ1n) is 11.9. The summed E-state index contributed by atoms with van der Waals surface area (Å²) in [6.45, 7) is 4.93. The molecule has 0 aliphatic carbocycles. The van der Waals surface area contributed by atoms with Gasteiger partial charge in [0.05, 0.1) is 23.3 Å². The number of pyridine rings is 1. The minimum Gasteiger partial charge on any atom is -0.342 e. The molecular formula is C27H30N4O2. The Balaban J connectivity index is 1.31. The smallest absolute Gasteiger partial charge is 0.254 e.